The maximum absolute atomic E-state index is 11.3. The van der Waals surface area contributed by atoms with Gasteiger partial charge in [-0.15, -0.1) is 0 Å². The van der Waals surface area contributed by atoms with Gasteiger partial charge in [-0.1, -0.05) is 57.5 Å². The molecule has 5 nitrogen and oxygen atoms in total. The van der Waals surface area contributed by atoms with Crippen molar-refractivity contribution in [2.24, 2.45) is 17.5 Å². The number of carbonyl (C=O) groups excluding carboxylic acids is 1. The van der Waals surface area contributed by atoms with Crippen molar-refractivity contribution < 1.29 is 4.79 Å². The summed E-state index contributed by atoms with van der Waals surface area (Å²) in [5, 5.41) is 0. The van der Waals surface area contributed by atoms with Crippen LogP contribution in [0.25, 0.3) is 5.70 Å². The van der Waals surface area contributed by atoms with Gasteiger partial charge in [-0.3, -0.25) is 10.6 Å². The van der Waals surface area contributed by atoms with Gasteiger partial charge in [-0.2, -0.15) is 0 Å². The second-order valence-corrected chi connectivity index (χ2v) is 6.99. The van der Waals surface area contributed by atoms with Crippen molar-refractivity contribution in [2.75, 3.05) is 13.1 Å². The molecule has 1 unspecified atom stereocenters. The number of benzene rings is 1. The summed E-state index contributed by atoms with van der Waals surface area (Å²) in [6, 6.07) is 9.88. The standard InChI is InChI=1S/C12H19N3.C9H17NO/c1-2-3-9-11(15-14)12(13)10-7-5-4-6-8-10;1-3-4-9(11)10-6-5-8(2)7-10/h4-8,15H,2-3,9,13-14H2,1H3;8H,3-7H2,1-2H3/b12-11-;. The number of unbranched alkanes of at least 4 members (excludes halogenated alkanes) is 1. The van der Waals surface area contributed by atoms with E-state index in [9.17, 15) is 4.79 Å². The highest BCUT2D eigenvalue weighted by atomic mass is 16.2. The van der Waals surface area contributed by atoms with E-state index in [0.29, 0.717) is 5.91 Å². The molecule has 1 aliphatic rings. The molecule has 146 valence electrons. The average molecular weight is 361 g/mol. The molecule has 1 aromatic rings. The van der Waals surface area contributed by atoms with Gasteiger partial charge < -0.3 is 16.1 Å². The predicted octanol–water partition coefficient (Wildman–Crippen LogP) is 3.62. The van der Waals surface area contributed by atoms with E-state index >= 15 is 0 Å². The summed E-state index contributed by atoms with van der Waals surface area (Å²) in [6.07, 6.45) is 6.01. The quantitative estimate of drug-likeness (QED) is 0.512. The molecule has 1 aliphatic heterocycles. The van der Waals surface area contributed by atoms with Crippen molar-refractivity contribution in [3.8, 4) is 0 Å². The minimum absolute atomic E-state index is 0.344. The first-order chi connectivity index (χ1) is 12.5. The van der Waals surface area contributed by atoms with Crippen molar-refractivity contribution in [3.63, 3.8) is 0 Å². The van der Waals surface area contributed by atoms with Crippen LogP contribution in [-0.2, 0) is 4.79 Å². The maximum atomic E-state index is 11.3. The first kappa shape index (κ1) is 22.0. The highest BCUT2D eigenvalue weighted by Gasteiger charge is 2.21. The molecule has 1 fully saturated rings. The van der Waals surface area contributed by atoms with Crippen LogP contribution < -0.4 is 17.0 Å². The summed E-state index contributed by atoms with van der Waals surface area (Å²) < 4.78 is 0. The molecule has 1 saturated heterocycles. The number of hydrogen-bond acceptors (Lipinski definition) is 4. The lowest BCUT2D eigenvalue weighted by molar-refractivity contribution is -0.130. The van der Waals surface area contributed by atoms with Crippen LogP contribution in [0.15, 0.2) is 36.0 Å². The third kappa shape index (κ3) is 7.48. The molecule has 5 heteroatoms. The van der Waals surface area contributed by atoms with Gasteiger partial charge in [0.1, 0.15) is 0 Å². The highest BCUT2D eigenvalue weighted by Crippen LogP contribution is 2.16. The lowest BCUT2D eigenvalue weighted by Gasteiger charge is -2.14. The summed E-state index contributed by atoms with van der Waals surface area (Å²) in [5.74, 6) is 6.53. The third-order valence-electron chi connectivity index (χ3n) is 4.60. The molecule has 0 aromatic heterocycles. The van der Waals surface area contributed by atoms with E-state index in [4.69, 9.17) is 11.6 Å². The molecule has 1 aromatic carbocycles. The van der Waals surface area contributed by atoms with Crippen LogP contribution in [0.4, 0.5) is 0 Å². The van der Waals surface area contributed by atoms with Gasteiger partial charge in [-0.05, 0) is 37.2 Å². The Morgan fingerprint density at radius 2 is 1.88 bits per heavy atom. The van der Waals surface area contributed by atoms with E-state index in [1.54, 1.807) is 0 Å². The SMILES string of the molecule is CCCC(=O)N1CCC(C)C1.CCCC/C(NN)=C(/N)c1ccccc1. The molecular formula is C21H36N4O. The minimum Gasteiger partial charge on any atom is -0.397 e. The van der Waals surface area contributed by atoms with Crippen LogP contribution in [0.3, 0.4) is 0 Å². The highest BCUT2D eigenvalue weighted by molar-refractivity contribution is 5.76. The van der Waals surface area contributed by atoms with Crippen molar-refractivity contribution >= 4 is 11.6 Å². The predicted molar refractivity (Wildman–Crippen MR) is 110 cm³/mol. The number of nitrogens with two attached hydrogens (primary N) is 2. The Bertz CT molecular complexity index is 556. The number of nitrogens with one attached hydrogen (secondary N) is 1. The molecule has 2 rings (SSSR count). The second kappa shape index (κ2) is 12.4. The molecule has 0 aliphatic carbocycles. The van der Waals surface area contributed by atoms with E-state index in [1.807, 2.05) is 35.2 Å². The molecule has 1 atom stereocenters. The zero-order valence-electron chi connectivity index (χ0n) is 16.6. The van der Waals surface area contributed by atoms with Crippen LogP contribution >= 0.6 is 0 Å². The Morgan fingerprint density at radius 3 is 2.38 bits per heavy atom. The van der Waals surface area contributed by atoms with E-state index in [1.165, 1.54) is 6.42 Å². The normalized spacial score (nSPS) is 17.2. The Labute approximate surface area is 158 Å². The number of hydrazine groups is 1. The van der Waals surface area contributed by atoms with Crippen molar-refractivity contribution in [1.29, 1.82) is 0 Å². The Balaban J connectivity index is 0.000000273. The molecular weight excluding hydrogens is 324 g/mol. The molecule has 0 bridgehead atoms. The van der Waals surface area contributed by atoms with Gasteiger partial charge in [0.25, 0.3) is 0 Å². The topological polar surface area (TPSA) is 84.4 Å². The third-order valence-corrected chi connectivity index (χ3v) is 4.60. The summed E-state index contributed by atoms with van der Waals surface area (Å²) in [6.45, 7) is 8.38. The van der Waals surface area contributed by atoms with E-state index < -0.39 is 0 Å². The van der Waals surface area contributed by atoms with Crippen LogP contribution in [0.5, 0.6) is 0 Å². The second-order valence-electron chi connectivity index (χ2n) is 6.99. The molecule has 0 saturated carbocycles. The van der Waals surface area contributed by atoms with E-state index in [-0.39, 0.29) is 0 Å². The monoisotopic (exact) mass is 360 g/mol. The number of likely N-dealkylation sites (tertiary alicyclic amines) is 1. The molecule has 26 heavy (non-hydrogen) atoms. The number of hydrogen-bond donors (Lipinski definition) is 3. The smallest absolute Gasteiger partial charge is 0.222 e. The first-order valence-corrected chi connectivity index (χ1v) is 9.81. The van der Waals surface area contributed by atoms with Gasteiger partial charge in [0.2, 0.25) is 5.91 Å². The summed E-state index contributed by atoms with van der Waals surface area (Å²) in [5.41, 5.74) is 11.4. The average Bonchev–Trinajstić information content (AvgIpc) is 3.10. The molecule has 5 N–H and O–H groups in total. The number of nitrogens with zero attached hydrogens (tertiary/aromatic N) is 1. The van der Waals surface area contributed by atoms with Crippen LogP contribution in [0, 0.1) is 5.92 Å². The van der Waals surface area contributed by atoms with Crippen molar-refractivity contribution in [2.45, 2.75) is 59.3 Å². The van der Waals surface area contributed by atoms with Gasteiger partial charge in [0, 0.05) is 25.2 Å². The summed E-state index contributed by atoms with van der Waals surface area (Å²) >= 11 is 0. The van der Waals surface area contributed by atoms with Crippen molar-refractivity contribution in [3.05, 3.63) is 41.6 Å². The van der Waals surface area contributed by atoms with Gasteiger partial charge in [0.05, 0.1) is 5.70 Å². The Kier molecular flexibility index (Phi) is 10.5. The fourth-order valence-electron chi connectivity index (χ4n) is 2.96. The molecule has 1 amide bonds. The van der Waals surface area contributed by atoms with Crippen LogP contribution in [0.2, 0.25) is 0 Å². The maximum Gasteiger partial charge on any atom is 0.222 e. The lowest BCUT2D eigenvalue weighted by atomic mass is 10.1. The summed E-state index contributed by atoms with van der Waals surface area (Å²) in [4.78, 5) is 13.3. The minimum atomic E-state index is 0.344. The molecule has 0 radical (unpaired) electrons. The van der Waals surface area contributed by atoms with Gasteiger partial charge in [-0.25, -0.2) is 0 Å². The van der Waals surface area contributed by atoms with Crippen molar-refractivity contribution in [1.82, 2.24) is 10.3 Å². The Hall–Kier alpha value is -2.01. The first-order valence-electron chi connectivity index (χ1n) is 9.81. The number of carbonyl (C=O) groups is 1. The zero-order chi connectivity index (χ0) is 19.4. The summed E-state index contributed by atoms with van der Waals surface area (Å²) in [7, 11) is 0. The molecule has 1 heterocycles. The van der Waals surface area contributed by atoms with Crippen LogP contribution in [-0.4, -0.2) is 23.9 Å². The number of amides is 1. The van der Waals surface area contributed by atoms with Crippen LogP contribution in [0.1, 0.15) is 64.9 Å². The van der Waals surface area contributed by atoms with E-state index in [0.717, 1.165) is 68.1 Å². The fourth-order valence-corrected chi connectivity index (χ4v) is 2.96. The fraction of sp³-hybridized carbons (Fsp3) is 0.571. The Morgan fingerprint density at radius 1 is 1.19 bits per heavy atom. The lowest BCUT2D eigenvalue weighted by Crippen LogP contribution is -2.27. The van der Waals surface area contributed by atoms with Gasteiger partial charge >= 0.3 is 0 Å². The zero-order valence-corrected chi connectivity index (χ0v) is 16.6. The number of allylic oxidation sites excluding steroid dienone is 1. The molecule has 0 spiro atoms. The van der Waals surface area contributed by atoms with E-state index in [2.05, 4.69) is 26.2 Å². The number of rotatable bonds is 7. The van der Waals surface area contributed by atoms with Gasteiger partial charge in [0.15, 0.2) is 0 Å². The largest absolute Gasteiger partial charge is 0.397 e.